The van der Waals surface area contributed by atoms with Gasteiger partial charge in [-0.25, -0.2) is 0 Å². The van der Waals surface area contributed by atoms with Crippen molar-refractivity contribution in [3.8, 4) is 5.75 Å². The fourth-order valence-corrected chi connectivity index (χ4v) is 2.45. The predicted octanol–water partition coefficient (Wildman–Crippen LogP) is 2.77. The molecule has 1 aliphatic heterocycles. The molecule has 1 atom stereocenters. The van der Waals surface area contributed by atoms with Crippen LogP contribution in [0, 0.1) is 0 Å². The SMILES string of the molecule is COc1ccccc1CCCC1CCCN1. The molecule has 2 nitrogen and oxygen atoms in total. The molecule has 1 saturated heterocycles. The second-order valence-corrected chi connectivity index (χ2v) is 4.50. The molecule has 2 heteroatoms. The lowest BCUT2D eigenvalue weighted by Gasteiger charge is -2.11. The summed E-state index contributed by atoms with van der Waals surface area (Å²) >= 11 is 0. The Balaban J connectivity index is 1.79. The number of hydrogen-bond acceptors (Lipinski definition) is 2. The maximum absolute atomic E-state index is 5.35. The lowest BCUT2D eigenvalue weighted by atomic mass is 10.0. The number of nitrogens with one attached hydrogen (secondary N) is 1. The van der Waals surface area contributed by atoms with E-state index in [2.05, 4.69) is 17.4 Å². The van der Waals surface area contributed by atoms with Crippen LogP contribution < -0.4 is 10.1 Å². The molecule has 1 N–H and O–H groups in total. The van der Waals surface area contributed by atoms with Crippen molar-refractivity contribution >= 4 is 0 Å². The Bertz CT molecular complexity index is 318. The van der Waals surface area contributed by atoms with E-state index >= 15 is 0 Å². The zero-order valence-corrected chi connectivity index (χ0v) is 10.0. The topological polar surface area (TPSA) is 21.3 Å². The summed E-state index contributed by atoms with van der Waals surface area (Å²) in [6.45, 7) is 1.21. The highest BCUT2D eigenvalue weighted by molar-refractivity contribution is 5.33. The van der Waals surface area contributed by atoms with Crippen LogP contribution in [0.2, 0.25) is 0 Å². The van der Waals surface area contributed by atoms with E-state index in [9.17, 15) is 0 Å². The maximum atomic E-state index is 5.35. The van der Waals surface area contributed by atoms with Crippen LogP contribution in [0.4, 0.5) is 0 Å². The molecule has 88 valence electrons. The molecule has 1 unspecified atom stereocenters. The molecule has 1 heterocycles. The molecule has 0 spiro atoms. The van der Waals surface area contributed by atoms with Gasteiger partial charge in [0.15, 0.2) is 0 Å². The van der Waals surface area contributed by atoms with Crippen molar-refractivity contribution in [3.05, 3.63) is 29.8 Å². The third-order valence-corrected chi connectivity index (χ3v) is 3.35. The van der Waals surface area contributed by atoms with E-state index in [1.165, 1.54) is 37.8 Å². The molecule has 0 aromatic heterocycles. The van der Waals surface area contributed by atoms with E-state index in [1.807, 2.05) is 12.1 Å². The van der Waals surface area contributed by atoms with Gasteiger partial charge in [-0.15, -0.1) is 0 Å². The number of hydrogen-bond donors (Lipinski definition) is 1. The van der Waals surface area contributed by atoms with E-state index in [0.29, 0.717) is 0 Å². The summed E-state index contributed by atoms with van der Waals surface area (Å²) in [6, 6.07) is 9.09. The molecular weight excluding hydrogens is 198 g/mol. The monoisotopic (exact) mass is 219 g/mol. The lowest BCUT2D eigenvalue weighted by molar-refractivity contribution is 0.408. The van der Waals surface area contributed by atoms with Gasteiger partial charge in [0, 0.05) is 6.04 Å². The number of rotatable bonds is 5. The van der Waals surface area contributed by atoms with Gasteiger partial charge in [0.05, 0.1) is 7.11 Å². The molecule has 1 aromatic carbocycles. The first-order valence-electron chi connectivity index (χ1n) is 6.25. The Morgan fingerprint density at radius 1 is 1.38 bits per heavy atom. The first kappa shape index (κ1) is 11.5. The van der Waals surface area contributed by atoms with Gasteiger partial charge in [-0.2, -0.15) is 0 Å². The number of para-hydroxylation sites is 1. The van der Waals surface area contributed by atoms with Gasteiger partial charge >= 0.3 is 0 Å². The van der Waals surface area contributed by atoms with E-state index < -0.39 is 0 Å². The predicted molar refractivity (Wildman–Crippen MR) is 67.0 cm³/mol. The van der Waals surface area contributed by atoms with Crippen molar-refractivity contribution in [1.29, 1.82) is 0 Å². The molecule has 1 fully saturated rings. The van der Waals surface area contributed by atoms with Crippen LogP contribution in [0.5, 0.6) is 5.75 Å². The van der Waals surface area contributed by atoms with Crippen molar-refractivity contribution in [3.63, 3.8) is 0 Å². The quantitative estimate of drug-likeness (QED) is 0.822. The number of ether oxygens (including phenoxy) is 1. The Labute approximate surface area is 98.0 Å². The number of aryl methyl sites for hydroxylation is 1. The Morgan fingerprint density at radius 3 is 3.00 bits per heavy atom. The highest BCUT2D eigenvalue weighted by Gasteiger charge is 2.13. The third-order valence-electron chi connectivity index (χ3n) is 3.35. The lowest BCUT2D eigenvalue weighted by Crippen LogP contribution is -2.21. The second-order valence-electron chi connectivity index (χ2n) is 4.50. The fourth-order valence-electron chi connectivity index (χ4n) is 2.45. The van der Waals surface area contributed by atoms with Crippen molar-refractivity contribution in [1.82, 2.24) is 5.32 Å². The van der Waals surface area contributed by atoms with E-state index in [-0.39, 0.29) is 0 Å². The molecule has 0 saturated carbocycles. The van der Waals surface area contributed by atoms with Crippen LogP contribution >= 0.6 is 0 Å². The van der Waals surface area contributed by atoms with Crippen LogP contribution in [-0.4, -0.2) is 19.7 Å². The third kappa shape index (κ3) is 2.99. The summed E-state index contributed by atoms with van der Waals surface area (Å²) in [4.78, 5) is 0. The van der Waals surface area contributed by atoms with Gasteiger partial charge in [-0.3, -0.25) is 0 Å². The Kier molecular flexibility index (Phi) is 4.23. The van der Waals surface area contributed by atoms with Gasteiger partial charge in [0.25, 0.3) is 0 Å². The molecule has 2 rings (SSSR count). The first-order valence-corrected chi connectivity index (χ1v) is 6.25. The molecule has 0 aliphatic carbocycles. The molecule has 0 bridgehead atoms. The van der Waals surface area contributed by atoms with Crippen molar-refractivity contribution in [2.45, 2.75) is 38.1 Å². The van der Waals surface area contributed by atoms with E-state index in [4.69, 9.17) is 4.74 Å². The van der Waals surface area contributed by atoms with Gasteiger partial charge < -0.3 is 10.1 Å². The minimum atomic E-state index is 0.759. The second kappa shape index (κ2) is 5.90. The number of benzene rings is 1. The van der Waals surface area contributed by atoms with Crippen molar-refractivity contribution < 1.29 is 4.74 Å². The van der Waals surface area contributed by atoms with Gasteiger partial charge in [0.1, 0.15) is 5.75 Å². The van der Waals surface area contributed by atoms with Crippen LogP contribution in [0.25, 0.3) is 0 Å². The van der Waals surface area contributed by atoms with E-state index in [1.54, 1.807) is 7.11 Å². The zero-order chi connectivity index (χ0) is 11.2. The van der Waals surface area contributed by atoms with Crippen molar-refractivity contribution in [2.75, 3.05) is 13.7 Å². The average molecular weight is 219 g/mol. The van der Waals surface area contributed by atoms with Crippen LogP contribution in [0.15, 0.2) is 24.3 Å². The van der Waals surface area contributed by atoms with Crippen LogP contribution in [0.3, 0.4) is 0 Å². The zero-order valence-electron chi connectivity index (χ0n) is 10.0. The van der Waals surface area contributed by atoms with E-state index in [0.717, 1.165) is 18.2 Å². The smallest absolute Gasteiger partial charge is 0.122 e. The standard InChI is InChI=1S/C14H21NO/c1-16-14-10-3-2-6-12(14)7-4-8-13-9-5-11-15-13/h2-3,6,10,13,15H,4-5,7-9,11H2,1H3. The summed E-state index contributed by atoms with van der Waals surface area (Å²) < 4.78 is 5.35. The molecule has 0 amide bonds. The summed E-state index contributed by atoms with van der Waals surface area (Å²) in [5.41, 5.74) is 1.34. The highest BCUT2D eigenvalue weighted by atomic mass is 16.5. The molecule has 16 heavy (non-hydrogen) atoms. The van der Waals surface area contributed by atoms with Gasteiger partial charge in [0.2, 0.25) is 0 Å². The number of methoxy groups -OCH3 is 1. The normalized spacial score (nSPS) is 19.9. The minimum Gasteiger partial charge on any atom is -0.496 e. The average Bonchev–Trinajstić information content (AvgIpc) is 2.83. The largest absolute Gasteiger partial charge is 0.496 e. The highest BCUT2D eigenvalue weighted by Crippen LogP contribution is 2.20. The van der Waals surface area contributed by atoms with Gasteiger partial charge in [-0.1, -0.05) is 18.2 Å². The summed E-state index contributed by atoms with van der Waals surface area (Å²) in [5, 5.41) is 3.54. The Morgan fingerprint density at radius 2 is 2.25 bits per heavy atom. The molecular formula is C14H21NO. The van der Waals surface area contributed by atoms with Crippen LogP contribution in [0.1, 0.15) is 31.2 Å². The van der Waals surface area contributed by atoms with Gasteiger partial charge in [-0.05, 0) is 50.3 Å². The summed E-state index contributed by atoms with van der Waals surface area (Å²) in [7, 11) is 1.75. The first-order chi connectivity index (χ1) is 7.90. The molecule has 1 aromatic rings. The summed E-state index contributed by atoms with van der Waals surface area (Å²) in [6.07, 6.45) is 6.36. The van der Waals surface area contributed by atoms with Crippen molar-refractivity contribution in [2.24, 2.45) is 0 Å². The maximum Gasteiger partial charge on any atom is 0.122 e. The molecule has 1 aliphatic rings. The Hall–Kier alpha value is -1.02. The summed E-state index contributed by atoms with van der Waals surface area (Å²) in [5.74, 6) is 1.03. The minimum absolute atomic E-state index is 0.759. The fraction of sp³-hybridized carbons (Fsp3) is 0.571. The molecule has 0 radical (unpaired) electrons. The van der Waals surface area contributed by atoms with Crippen LogP contribution in [-0.2, 0) is 6.42 Å².